The van der Waals surface area contributed by atoms with Crippen molar-refractivity contribution in [1.82, 2.24) is 20.3 Å². The highest BCUT2D eigenvalue weighted by Gasteiger charge is 2.19. The van der Waals surface area contributed by atoms with E-state index in [0.717, 1.165) is 45.4 Å². The van der Waals surface area contributed by atoms with Crippen LogP contribution in [0, 0.1) is 0 Å². The van der Waals surface area contributed by atoms with Gasteiger partial charge in [-0.25, -0.2) is 4.68 Å². The summed E-state index contributed by atoms with van der Waals surface area (Å²) < 4.78 is 7.29. The number of anilines is 1. The van der Waals surface area contributed by atoms with Crippen molar-refractivity contribution < 1.29 is 9.53 Å². The number of amides is 1. The molecule has 0 bridgehead atoms. The Balaban J connectivity index is 1.27. The van der Waals surface area contributed by atoms with Crippen molar-refractivity contribution >= 4 is 11.6 Å². The summed E-state index contributed by atoms with van der Waals surface area (Å²) in [6.07, 6.45) is 6.31. The summed E-state index contributed by atoms with van der Waals surface area (Å²) in [6, 6.07) is 8.51. The molecule has 138 valence electrons. The third kappa shape index (κ3) is 3.88. The first-order valence-electron chi connectivity index (χ1n) is 9.42. The van der Waals surface area contributed by atoms with Gasteiger partial charge in [-0.1, -0.05) is 23.4 Å². The van der Waals surface area contributed by atoms with Crippen molar-refractivity contribution in [2.24, 2.45) is 0 Å². The van der Waals surface area contributed by atoms with Crippen LogP contribution in [0.4, 0.5) is 5.69 Å². The molecule has 1 saturated heterocycles. The highest BCUT2D eigenvalue weighted by molar-refractivity contribution is 5.91. The van der Waals surface area contributed by atoms with Crippen molar-refractivity contribution in [2.75, 3.05) is 31.1 Å². The molecule has 1 fully saturated rings. The molecule has 0 aliphatic carbocycles. The smallest absolute Gasteiger partial charge is 0.273 e. The average molecular weight is 355 g/mol. The second kappa shape index (κ2) is 7.86. The van der Waals surface area contributed by atoms with E-state index >= 15 is 0 Å². The van der Waals surface area contributed by atoms with Gasteiger partial charge >= 0.3 is 0 Å². The molecule has 2 aliphatic rings. The number of benzene rings is 1. The normalized spacial score (nSPS) is 19.4. The molecule has 1 amide bonds. The minimum Gasteiger partial charge on any atom is -0.376 e. The molecule has 1 aromatic heterocycles. The van der Waals surface area contributed by atoms with Gasteiger partial charge in [0.2, 0.25) is 0 Å². The van der Waals surface area contributed by atoms with E-state index in [1.165, 1.54) is 11.3 Å². The van der Waals surface area contributed by atoms with Gasteiger partial charge in [0, 0.05) is 31.9 Å². The summed E-state index contributed by atoms with van der Waals surface area (Å²) in [5, 5.41) is 11.0. The molecule has 0 radical (unpaired) electrons. The zero-order valence-corrected chi connectivity index (χ0v) is 14.9. The average Bonchev–Trinajstić information content (AvgIpc) is 3.34. The highest BCUT2D eigenvalue weighted by Crippen LogP contribution is 2.25. The van der Waals surface area contributed by atoms with Crippen LogP contribution in [-0.2, 0) is 17.7 Å². The number of aromatic nitrogens is 3. The van der Waals surface area contributed by atoms with E-state index in [4.69, 9.17) is 4.74 Å². The first-order valence-corrected chi connectivity index (χ1v) is 9.42. The first-order chi connectivity index (χ1) is 12.8. The number of fused-ring (bicyclic) bond motifs is 1. The number of hydrogen-bond acceptors (Lipinski definition) is 5. The molecule has 0 spiro atoms. The van der Waals surface area contributed by atoms with Crippen molar-refractivity contribution in [3.8, 4) is 0 Å². The fourth-order valence-corrected chi connectivity index (χ4v) is 3.73. The van der Waals surface area contributed by atoms with E-state index in [1.54, 1.807) is 10.9 Å². The number of rotatable bonds is 6. The lowest BCUT2D eigenvalue weighted by atomic mass is 10.0. The summed E-state index contributed by atoms with van der Waals surface area (Å²) >= 11 is 0. The van der Waals surface area contributed by atoms with Gasteiger partial charge in [0.25, 0.3) is 5.91 Å². The fourth-order valence-electron chi connectivity index (χ4n) is 3.73. The quantitative estimate of drug-likeness (QED) is 0.853. The van der Waals surface area contributed by atoms with Gasteiger partial charge in [-0.05, 0) is 37.3 Å². The van der Waals surface area contributed by atoms with Crippen LogP contribution in [0.25, 0.3) is 0 Å². The van der Waals surface area contributed by atoms with Crippen molar-refractivity contribution in [1.29, 1.82) is 0 Å². The van der Waals surface area contributed by atoms with E-state index in [-0.39, 0.29) is 12.0 Å². The second-order valence-corrected chi connectivity index (χ2v) is 6.94. The lowest BCUT2D eigenvalue weighted by Gasteiger charge is -2.31. The van der Waals surface area contributed by atoms with E-state index in [1.807, 2.05) is 0 Å². The lowest BCUT2D eigenvalue weighted by molar-refractivity contribution is 0.0930. The topological polar surface area (TPSA) is 72.3 Å². The third-order valence-corrected chi connectivity index (χ3v) is 5.06. The molecule has 0 saturated carbocycles. The van der Waals surface area contributed by atoms with Gasteiger partial charge in [0.1, 0.15) is 0 Å². The van der Waals surface area contributed by atoms with Crippen LogP contribution < -0.4 is 10.2 Å². The molecule has 7 nitrogen and oxygen atoms in total. The number of hydrogen-bond donors (Lipinski definition) is 1. The summed E-state index contributed by atoms with van der Waals surface area (Å²) in [5.41, 5.74) is 3.04. The second-order valence-electron chi connectivity index (χ2n) is 6.94. The Labute approximate surface area is 153 Å². The molecular weight excluding hydrogens is 330 g/mol. The van der Waals surface area contributed by atoms with Crippen LogP contribution in [0.15, 0.2) is 30.5 Å². The monoisotopic (exact) mass is 355 g/mol. The molecule has 1 atom stereocenters. The van der Waals surface area contributed by atoms with Gasteiger partial charge < -0.3 is 15.0 Å². The van der Waals surface area contributed by atoms with Crippen LogP contribution in [0.2, 0.25) is 0 Å². The minimum absolute atomic E-state index is 0.172. The molecule has 0 unspecified atom stereocenters. The molecule has 1 N–H and O–H groups in total. The number of ether oxygens (including phenoxy) is 1. The van der Waals surface area contributed by atoms with Gasteiger partial charge in [-0.2, -0.15) is 0 Å². The van der Waals surface area contributed by atoms with Gasteiger partial charge in [0.15, 0.2) is 5.69 Å². The Morgan fingerprint density at radius 1 is 1.31 bits per heavy atom. The SMILES string of the molecule is O=C(NCCN1CCCc2ccccc21)c1cn(C[C@@H]2CCCO2)nn1. The van der Waals surface area contributed by atoms with E-state index in [2.05, 4.69) is 44.8 Å². The zero-order valence-electron chi connectivity index (χ0n) is 14.9. The molecule has 2 aromatic rings. The van der Waals surface area contributed by atoms with Crippen molar-refractivity contribution in [2.45, 2.75) is 38.3 Å². The van der Waals surface area contributed by atoms with Gasteiger partial charge in [0.05, 0.1) is 18.8 Å². The molecule has 4 rings (SSSR count). The molecule has 1 aromatic carbocycles. The Bertz CT molecular complexity index is 754. The molecule has 26 heavy (non-hydrogen) atoms. The number of para-hydroxylation sites is 1. The lowest BCUT2D eigenvalue weighted by Crippen LogP contribution is -2.37. The largest absolute Gasteiger partial charge is 0.376 e. The van der Waals surface area contributed by atoms with Crippen molar-refractivity contribution in [3.63, 3.8) is 0 Å². The number of carbonyl (C=O) groups is 1. The maximum Gasteiger partial charge on any atom is 0.273 e. The zero-order chi connectivity index (χ0) is 17.8. The molecular formula is C19H25N5O2. The van der Waals surface area contributed by atoms with Crippen LogP contribution in [-0.4, -0.2) is 53.2 Å². The Kier molecular flexibility index (Phi) is 5.15. The molecule has 3 heterocycles. The van der Waals surface area contributed by atoms with Crippen LogP contribution in [0.1, 0.15) is 35.3 Å². The van der Waals surface area contributed by atoms with Crippen molar-refractivity contribution in [3.05, 3.63) is 41.7 Å². The minimum atomic E-state index is -0.172. The van der Waals surface area contributed by atoms with E-state index in [0.29, 0.717) is 18.8 Å². The number of carbonyl (C=O) groups excluding carboxylic acids is 1. The predicted molar refractivity (Wildman–Crippen MR) is 98.3 cm³/mol. The van der Waals surface area contributed by atoms with Crippen LogP contribution >= 0.6 is 0 Å². The van der Waals surface area contributed by atoms with E-state index in [9.17, 15) is 4.79 Å². The van der Waals surface area contributed by atoms with E-state index < -0.39 is 0 Å². The summed E-state index contributed by atoms with van der Waals surface area (Å²) in [7, 11) is 0. The summed E-state index contributed by atoms with van der Waals surface area (Å²) in [5.74, 6) is -0.172. The van der Waals surface area contributed by atoms with Crippen LogP contribution in [0.5, 0.6) is 0 Å². The maximum absolute atomic E-state index is 12.3. The Morgan fingerprint density at radius 2 is 2.23 bits per heavy atom. The summed E-state index contributed by atoms with van der Waals surface area (Å²) in [4.78, 5) is 14.6. The van der Waals surface area contributed by atoms with Crippen LogP contribution in [0.3, 0.4) is 0 Å². The third-order valence-electron chi connectivity index (χ3n) is 5.06. The first kappa shape index (κ1) is 17.0. The standard InChI is InChI=1S/C19H25N5O2/c25-19(17-14-24(22-21-17)13-16-7-4-12-26-16)20-9-11-23-10-3-6-15-5-1-2-8-18(15)23/h1-2,5,8,14,16H,3-4,6-7,9-13H2,(H,20,25)/t16-/m0/s1. The van der Waals surface area contributed by atoms with Gasteiger partial charge in [-0.15, -0.1) is 5.10 Å². The maximum atomic E-state index is 12.3. The predicted octanol–water partition coefficient (Wildman–Crippen LogP) is 1.64. The highest BCUT2D eigenvalue weighted by atomic mass is 16.5. The molecule has 7 heteroatoms. The number of nitrogens with zero attached hydrogens (tertiary/aromatic N) is 4. The fraction of sp³-hybridized carbons (Fsp3) is 0.526. The number of nitrogens with one attached hydrogen (secondary N) is 1. The Morgan fingerprint density at radius 3 is 3.12 bits per heavy atom. The number of aryl methyl sites for hydroxylation is 1. The van der Waals surface area contributed by atoms with Gasteiger partial charge in [-0.3, -0.25) is 4.79 Å². The summed E-state index contributed by atoms with van der Waals surface area (Å²) in [6.45, 7) is 3.89. The Hall–Kier alpha value is -2.41. The molecule has 2 aliphatic heterocycles.